The van der Waals surface area contributed by atoms with E-state index >= 15 is 0 Å². The molecule has 0 unspecified atom stereocenters. The first kappa shape index (κ1) is 15.0. The van der Waals surface area contributed by atoms with Crippen LogP contribution in [0.5, 0.6) is 0 Å². The molecule has 23 heavy (non-hydrogen) atoms. The second kappa shape index (κ2) is 6.91. The lowest BCUT2D eigenvalue weighted by Gasteiger charge is -2.05. The predicted octanol–water partition coefficient (Wildman–Crippen LogP) is 0.910. The Morgan fingerprint density at radius 1 is 1.17 bits per heavy atom. The summed E-state index contributed by atoms with van der Waals surface area (Å²) in [6.45, 7) is 3.87. The highest BCUT2D eigenvalue weighted by atomic mass is 16.1. The Balaban J connectivity index is 1.45. The van der Waals surface area contributed by atoms with E-state index < -0.39 is 0 Å². The summed E-state index contributed by atoms with van der Waals surface area (Å²) in [5, 5.41) is 15.4. The molecule has 0 radical (unpaired) electrons. The molecule has 3 heterocycles. The molecule has 0 bridgehead atoms. The van der Waals surface area contributed by atoms with Gasteiger partial charge in [-0.05, 0) is 31.5 Å². The van der Waals surface area contributed by atoms with Gasteiger partial charge in [-0.2, -0.15) is 15.3 Å². The van der Waals surface area contributed by atoms with Gasteiger partial charge >= 0.3 is 0 Å². The smallest absolute Gasteiger partial charge is 0.271 e. The van der Waals surface area contributed by atoms with Gasteiger partial charge in [-0.1, -0.05) is 0 Å². The van der Waals surface area contributed by atoms with E-state index in [0.29, 0.717) is 18.9 Å². The van der Waals surface area contributed by atoms with E-state index in [1.807, 2.05) is 29.9 Å². The van der Waals surface area contributed by atoms with E-state index in [2.05, 4.69) is 20.6 Å². The van der Waals surface area contributed by atoms with E-state index in [1.165, 1.54) is 0 Å². The summed E-state index contributed by atoms with van der Waals surface area (Å²) >= 11 is 0. The van der Waals surface area contributed by atoms with Crippen LogP contribution < -0.4 is 5.32 Å². The molecule has 3 rings (SSSR count). The van der Waals surface area contributed by atoms with Gasteiger partial charge in [0.25, 0.3) is 5.91 Å². The zero-order valence-electron chi connectivity index (χ0n) is 13.0. The van der Waals surface area contributed by atoms with Crippen LogP contribution in [0, 0.1) is 6.92 Å². The monoisotopic (exact) mass is 313 g/mol. The van der Waals surface area contributed by atoms with Crippen molar-refractivity contribution in [1.82, 2.24) is 34.7 Å². The maximum absolute atomic E-state index is 12.1. The maximum atomic E-state index is 12.1. The van der Waals surface area contributed by atoms with Gasteiger partial charge in [0.15, 0.2) is 0 Å². The van der Waals surface area contributed by atoms with Crippen molar-refractivity contribution in [2.75, 3.05) is 6.54 Å². The van der Waals surface area contributed by atoms with Gasteiger partial charge in [-0.3, -0.25) is 18.8 Å². The molecule has 0 aliphatic rings. The molecule has 3 aromatic rings. The molecule has 0 spiro atoms. The third-order valence-electron chi connectivity index (χ3n) is 3.48. The molecule has 0 aliphatic carbocycles. The van der Waals surface area contributed by atoms with Crippen molar-refractivity contribution >= 4 is 5.91 Å². The van der Waals surface area contributed by atoms with E-state index in [1.54, 1.807) is 34.0 Å². The van der Waals surface area contributed by atoms with Crippen molar-refractivity contribution in [1.29, 1.82) is 0 Å². The highest BCUT2D eigenvalue weighted by Crippen LogP contribution is 1.99. The lowest BCUT2D eigenvalue weighted by molar-refractivity contribution is 0.0946. The fourth-order valence-electron chi connectivity index (χ4n) is 2.25. The average Bonchev–Trinajstić information content (AvgIpc) is 3.27. The number of carbonyl (C=O) groups excluding carboxylic acids is 1. The number of hydrogen-bond donors (Lipinski definition) is 1. The number of nitrogens with one attached hydrogen (secondary N) is 1. The summed E-state index contributed by atoms with van der Waals surface area (Å²) in [6, 6.07) is 5.51. The number of amides is 1. The first-order chi connectivity index (χ1) is 11.2. The summed E-state index contributed by atoms with van der Waals surface area (Å²) in [5.41, 5.74) is 1.53. The van der Waals surface area contributed by atoms with Crippen LogP contribution in [-0.4, -0.2) is 41.8 Å². The van der Waals surface area contributed by atoms with Gasteiger partial charge in [0.2, 0.25) is 0 Å². The molecule has 0 fully saturated rings. The zero-order valence-corrected chi connectivity index (χ0v) is 13.0. The normalized spacial score (nSPS) is 10.8. The van der Waals surface area contributed by atoms with Crippen LogP contribution in [0.2, 0.25) is 0 Å². The number of rotatable bonds is 7. The fourth-order valence-corrected chi connectivity index (χ4v) is 2.25. The topological polar surface area (TPSA) is 82.6 Å². The van der Waals surface area contributed by atoms with Crippen molar-refractivity contribution < 1.29 is 4.79 Å². The van der Waals surface area contributed by atoms with Gasteiger partial charge in [0, 0.05) is 43.6 Å². The second-order valence-electron chi connectivity index (χ2n) is 5.23. The Morgan fingerprint density at radius 2 is 2.09 bits per heavy atom. The summed E-state index contributed by atoms with van der Waals surface area (Å²) in [4.78, 5) is 12.1. The molecule has 0 aliphatic heterocycles. The maximum Gasteiger partial charge on any atom is 0.271 e. The van der Waals surface area contributed by atoms with E-state index in [9.17, 15) is 4.79 Å². The third kappa shape index (κ3) is 3.85. The summed E-state index contributed by atoms with van der Waals surface area (Å²) in [5.74, 6) is -0.165. The van der Waals surface area contributed by atoms with Crippen molar-refractivity contribution in [3.8, 4) is 0 Å². The summed E-state index contributed by atoms with van der Waals surface area (Å²) in [6.07, 6.45) is 7.92. The first-order valence-corrected chi connectivity index (χ1v) is 7.50. The summed E-state index contributed by atoms with van der Waals surface area (Å²) < 4.78 is 5.33. The molecule has 0 aromatic carbocycles. The molecule has 1 N–H and O–H groups in total. The molecule has 0 saturated heterocycles. The first-order valence-electron chi connectivity index (χ1n) is 7.50. The van der Waals surface area contributed by atoms with Crippen LogP contribution in [0.1, 0.15) is 22.6 Å². The molecule has 8 nitrogen and oxygen atoms in total. The minimum Gasteiger partial charge on any atom is -0.351 e. The van der Waals surface area contributed by atoms with Gasteiger partial charge in [-0.15, -0.1) is 0 Å². The van der Waals surface area contributed by atoms with E-state index in [4.69, 9.17) is 0 Å². The van der Waals surface area contributed by atoms with E-state index in [-0.39, 0.29) is 5.91 Å². The average molecular weight is 313 g/mol. The van der Waals surface area contributed by atoms with Crippen molar-refractivity contribution in [3.05, 3.63) is 54.4 Å². The Hall–Kier alpha value is -2.90. The minimum atomic E-state index is -0.165. The summed E-state index contributed by atoms with van der Waals surface area (Å²) in [7, 11) is 0. The second-order valence-corrected chi connectivity index (χ2v) is 5.23. The van der Waals surface area contributed by atoms with Crippen LogP contribution in [0.25, 0.3) is 0 Å². The van der Waals surface area contributed by atoms with Crippen molar-refractivity contribution in [2.45, 2.75) is 26.6 Å². The van der Waals surface area contributed by atoms with Crippen LogP contribution in [0.15, 0.2) is 43.0 Å². The van der Waals surface area contributed by atoms with Crippen LogP contribution in [0.3, 0.4) is 0 Å². The highest BCUT2D eigenvalue weighted by Gasteiger charge is 2.09. The van der Waals surface area contributed by atoms with Gasteiger partial charge in [0.05, 0.1) is 0 Å². The number of hydrogen-bond acceptors (Lipinski definition) is 4. The zero-order chi connectivity index (χ0) is 16.1. The van der Waals surface area contributed by atoms with E-state index in [0.717, 1.165) is 18.7 Å². The molecule has 0 saturated carbocycles. The van der Waals surface area contributed by atoms with Gasteiger partial charge in [0.1, 0.15) is 12.4 Å². The molecule has 120 valence electrons. The van der Waals surface area contributed by atoms with Crippen LogP contribution in [-0.2, 0) is 13.2 Å². The molecule has 3 aromatic heterocycles. The number of aromatic nitrogens is 6. The Kier molecular flexibility index (Phi) is 4.51. The lowest BCUT2D eigenvalue weighted by Crippen LogP contribution is -2.26. The highest BCUT2D eigenvalue weighted by molar-refractivity contribution is 5.92. The molecule has 1 amide bonds. The number of nitrogens with zero attached hydrogens (tertiary/aromatic N) is 6. The Labute approximate surface area is 133 Å². The predicted molar refractivity (Wildman–Crippen MR) is 83.8 cm³/mol. The molecular formula is C15H19N7O. The molecule has 0 atom stereocenters. The molecule has 8 heteroatoms. The van der Waals surface area contributed by atoms with Gasteiger partial charge < -0.3 is 5.32 Å². The quantitative estimate of drug-likeness (QED) is 0.657. The van der Waals surface area contributed by atoms with Crippen molar-refractivity contribution in [3.63, 3.8) is 0 Å². The standard InChI is InChI=1S/C15H19N7O/c1-13-4-8-18-22(13)10-2-6-16-15(23)14-5-11-21(19-14)12-20-9-3-7-17-20/h3-5,7-9,11H,2,6,10,12H2,1H3,(H,16,23). The Morgan fingerprint density at radius 3 is 2.83 bits per heavy atom. The third-order valence-corrected chi connectivity index (χ3v) is 3.48. The Bertz CT molecular complexity index is 756. The fraction of sp³-hybridized carbons (Fsp3) is 0.333. The molecular weight excluding hydrogens is 294 g/mol. The lowest BCUT2D eigenvalue weighted by atomic mass is 10.3. The number of carbonyl (C=O) groups is 1. The van der Waals surface area contributed by atoms with Gasteiger partial charge in [-0.25, -0.2) is 0 Å². The van der Waals surface area contributed by atoms with Crippen LogP contribution >= 0.6 is 0 Å². The SMILES string of the molecule is Cc1ccnn1CCCNC(=O)c1ccn(Cn2cccn2)n1. The van der Waals surface area contributed by atoms with Crippen LogP contribution in [0.4, 0.5) is 0 Å². The van der Waals surface area contributed by atoms with Crippen molar-refractivity contribution in [2.24, 2.45) is 0 Å². The minimum absolute atomic E-state index is 0.165. The number of aryl methyl sites for hydroxylation is 2. The largest absolute Gasteiger partial charge is 0.351 e.